The normalized spacial score (nSPS) is 19.7. The SMILES string of the molecule is COCC1(C(=O)NCCC(C)C(=O)O)CCNCC1. The Morgan fingerprint density at radius 2 is 2.05 bits per heavy atom. The molecule has 0 saturated carbocycles. The lowest BCUT2D eigenvalue weighted by Crippen LogP contribution is -2.50. The van der Waals surface area contributed by atoms with Gasteiger partial charge in [-0.1, -0.05) is 6.92 Å². The molecule has 1 atom stereocenters. The van der Waals surface area contributed by atoms with Gasteiger partial charge in [0.05, 0.1) is 17.9 Å². The van der Waals surface area contributed by atoms with Crippen LogP contribution < -0.4 is 10.6 Å². The van der Waals surface area contributed by atoms with E-state index < -0.39 is 17.3 Å². The summed E-state index contributed by atoms with van der Waals surface area (Å²) in [5, 5.41) is 14.9. The lowest BCUT2D eigenvalue weighted by molar-refractivity contribution is -0.142. The summed E-state index contributed by atoms with van der Waals surface area (Å²) in [5.74, 6) is -1.29. The number of rotatable bonds is 7. The number of carboxylic acids is 1. The average Bonchev–Trinajstić information content (AvgIpc) is 2.39. The highest BCUT2D eigenvalue weighted by Crippen LogP contribution is 2.29. The van der Waals surface area contributed by atoms with E-state index in [0.717, 1.165) is 25.9 Å². The molecule has 1 amide bonds. The molecule has 1 aliphatic rings. The Labute approximate surface area is 113 Å². The number of ether oxygens (including phenoxy) is 1. The minimum absolute atomic E-state index is 0.0200. The molecule has 110 valence electrons. The molecule has 1 fully saturated rings. The van der Waals surface area contributed by atoms with E-state index in [9.17, 15) is 9.59 Å². The van der Waals surface area contributed by atoms with Crippen LogP contribution in [0.5, 0.6) is 0 Å². The minimum Gasteiger partial charge on any atom is -0.481 e. The third kappa shape index (κ3) is 4.47. The Balaban J connectivity index is 2.46. The van der Waals surface area contributed by atoms with Gasteiger partial charge in [0.15, 0.2) is 0 Å². The van der Waals surface area contributed by atoms with Gasteiger partial charge in [0.2, 0.25) is 5.91 Å². The van der Waals surface area contributed by atoms with Gasteiger partial charge >= 0.3 is 5.97 Å². The van der Waals surface area contributed by atoms with Crippen LogP contribution >= 0.6 is 0 Å². The summed E-state index contributed by atoms with van der Waals surface area (Å²) in [5.41, 5.74) is -0.466. The van der Waals surface area contributed by atoms with Gasteiger partial charge in [0.1, 0.15) is 0 Å². The van der Waals surface area contributed by atoms with Gasteiger partial charge in [-0.2, -0.15) is 0 Å². The third-order valence-corrected chi connectivity index (χ3v) is 3.75. The molecule has 1 saturated heterocycles. The first-order valence-electron chi connectivity index (χ1n) is 6.72. The molecular weight excluding hydrogens is 248 g/mol. The fraction of sp³-hybridized carbons (Fsp3) is 0.846. The van der Waals surface area contributed by atoms with Gasteiger partial charge in [-0.25, -0.2) is 0 Å². The summed E-state index contributed by atoms with van der Waals surface area (Å²) in [6.45, 7) is 4.06. The fourth-order valence-electron chi connectivity index (χ4n) is 2.33. The molecule has 1 heterocycles. The van der Waals surface area contributed by atoms with E-state index in [4.69, 9.17) is 9.84 Å². The number of piperidine rings is 1. The summed E-state index contributed by atoms with van der Waals surface area (Å²) >= 11 is 0. The standard InChI is InChI=1S/C13H24N2O4/c1-10(11(16)17)3-6-15-12(18)13(9-19-2)4-7-14-8-5-13/h10,14H,3-9H2,1-2H3,(H,15,18)(H,16,17). The quantitative estimate of drug-likeness (QED) is 0.617. The second kappa shape index (κ2) is 7.45. The van der Waals surface area contributed by atoms with Crippen LogP contribution in [0.2, 0.25) is 0 Å². The predicted octanol–water partition coefficient (Wildman–Crippen LogP) is 0.230. The Morgan fingerprint density at radius 3 is 2.58 bits per heavy atom. The molecule has 1 unspecified atom stereocenters. The highest BCUT2D eigenvalue weighted by Gasteiger charge is 2.39. The summed E-state index contributed by atoms with van der Waals surface area (Å²) in [7, 11) is 1.60. The van der Waals surface area contributed by atoms with Gasteiger partial charge < -0.3 is 20.5 Å². The van der Waals surface area contributed by atoms with E-state index in [1.807, 2.05) is 0 Å². The molecule has 19 heavy (non-hydrogen) atoms. The van der Waals surface area contributed by atoms with Gasteiger partial charge in [-0.05, 0) is 32.4 Å². The maximum atomic E-state index is 12.3. The molecule has 1 rings (SSSR count). The van der Waals surface area contributed by atoms with Gasteiger partial charge in [0.25, 0.3) is 0 Å². The number of amides is 1. The second-order valence-electron chi connectivity index (χ2n) is 5.25. The van der Waals surface area contributed by atoms with Gasteiger partial charge in [-0.3, -0.25) is 9.59 Å². The van der Waals surface area contributed by atoms with Crippen molar-refractivity contribution in [1.29, 1.82) is 0 Å². The summed E-state index contributed by atoms with van der Waals surface area (Å²) in [6, 6.07) is 0. The van der Waals surface area contributed by atoms with Crippen molar-refractivity contribution in [2.24, 2.45) is 11.3 Å². The number of carbonyl (C=O) groups excluding carboxylic acids is 1. The number of carboxylic acid groups (broad SMARTS) is 1. The van der Waals surface area contributed by atoms with Crippen molar-refractivity contribution in [2.75, 3.05) is 33.4 Å². The van der Waals surface area contributed by atoms with Crippen molar-refractivity contribution < 1.29 is 19.4 Å². The van der Waals surface area contributed by atoms with Crippen LogP contribution in [-0.4, -0.2) is 50.3 Å². The van der Waals surface area contributed by atoms with Crippen molar-refractivity contribution in [3.05, 3.63) is 0 Å². The van der Waals surface area contributed by atoms with Crippen LogP contribution in [0.25, 0.3) is 0 Å². The maximum Gasteiger partial charge on any atom is 0.306 e. The monoisotopic (exact) mass is 272 g/mol. The van der Waals surface area contributed by atoms with Crippen LogP contribution in [0.3, 0.4) is 0 Å². The molecule has 3 N–H and O–H groups in total. The van der Waals surface area contributed by atoms with Crippen molar-refractivity contribution in [1.82, 2.24) is 10.6 Å². The number of carbonyl (C=O) groups is 2. The smallest absolute Gasteiger partial charge is 0.306 e. The molecule has 0 aromatic heterocycles. The van der Waals surface area contributed by atoms with Crippen molar-refractivity contribution in [3.8, 4) is 0 Å². The molecule has 6 heteroatoms. The van der Waals surface area contributed by atoms with Crippen LogP contribution in [0.1, 0.15) is 26.2 Å². The maximum absolute atomic E-state index is 12.3. The lowest BCUT2D eigenvalue weighted by atomic mass is 9.78. The first-order chi connectivity index (χ1) is 9.02. The highest BCUT2D eigenvalue weighted by molar-refractivity contribution is 5.83. The van der Waals surface area contributed by atoms with Crippen LogP contribution in [0, 0.1) is 11.3 Å². The lowest BCUT2D eigenvalue weighted by Gasteiger charge is -2.35. The first-order valence-corrected chi connectivity index (χ1v) is 6.72. The molecule has 6 nitrogen and oxygen atoms in total. The Bertz CT molecular complexity index is 308. The van der Waals surface area contributed by atoms with Crippen molar-refractivity contribution >= 4 is 11.9 Å². The molecule has 0 radical (unpaired) electrons. The summed E-state index contributed by atoms with van der Waals surface area (Å²) in [6.07, 6.45) is 1.95. The molecule has 1 aliphatic heterocycles. The second-order valence-corrected chi connectivity index (χ2v) is 5.25. The number of methoxy groups -OCH3 is 1. The highest BCUT2D eigenvalue weighted by atomic mass is 16.5. The molecule has 0 aromatic carbocycles. The largest absolute Gasteiger partial charge is 0.481 e. The Morgan fingerprint density at radius 1 is 1.42 bits per heavy atom. The number of hydrogen-bond acceptors (Lipinski definition) is 4. The van der Waals surface area contributed by atoms with E-state index in [-0.39, 0.29) is 5.91 Å². The van der Waals surface area contributed by atoms with Gasteiger partial charge in [0, 0.05) is 13.7 Å². The van der Waals surface area contributed by atoms with E-state index in [2.05, 4.69) is 10.6 Å². The number of hydrogen-bond donors (Lipinski definition) is 3. The van der Waals surface area contributed by atoms with Gasteiger partial charge in [-0.15, -0.1) is 0 Å². The molecule has 0 bridgehead atoms. The van der Waals surface area contributed by atoms with Crippen molar-refractivity contribution in [2.45, 2.75) is 26.2 Å². The van der Waals surface area contributed by atoms with Crippen LogP contribution in [0.15, 0.2) is 0 Å². The van der Waals surface area contributed by atoms with E-state index in [1.165, 1.54) is 0 Å². The zero-order chi connectivity index (χ0) is 14.3. The molecular formula is C13H24N2O4. The van der Waals surface area contributed by atoms with Crippen LogP contribution in [0.4, 0.5) is 0 Å². The average molecular weight is 272 g/mol. The van der Waals surface area contributed by atoms with E-state index >= 15 is 0 Å². The van der Waals surface area contributed by atoms with E-state index in [0.29, 0.717) is 19.6 Å². The Kier molecular flexibility index (Phi) is 6.24. The number of nitrogens with one attached hydrogen (secondary N) is 2. The van der Waals surface area contributed by atoms with E-state index in [1.54, 1.807) is 14.0 Å². The zero-order valence-corrected chi connectivity index (χ0v) is 11.7. The zero-order valence-electron chi connectivity index (χ0n) is 11.7. The number of aliphatic carboxylic acids is 1. The molecule has 0 aromatic rings. The first kappa shape index (κ1) is 15.9. The summed E-state index contributed by atoms with van der Waals surface area (Å²) < 4.78 is 5.19. The minimum atomic E-state index is -0.831. The predicted molar refractivity (Wildman–Crippen MR) is 70.8 cm³/mol. The van der Waals surface area contributed by atoms with Crippen molar-refractivity contribution in [3.63, 3.8) is 0 Å². The molecule has 0 aliphatic carbocycles. The fourth-order valence-corrected chi connectivity index (χ4v) is 2.33. The molecule has 0 spiro atoms. The summed E-state index contributed by atoms with van der Waals surface area (Å²) in [4.78, 5) is 23.0. The third-order valence-electron chi connectivity index (χ3n) is 3.75. The van der Waals surface area contributed by atoms with Crippen LogP contribution in [-0.2, 0) is 14.3 Å². The topological polar surface area (TPSA) is 87.7 Å². The Hall–Kier alpha value is -1.14.